The SMILES string of the molecule is CC(C)C(CC(=O)O)N1C(=O)[C@H]2CC=CC[C@H]2C1=O. The quantitative estimate of drug-likeness (QED) is 0.616. The Hall–Kier alpha value is -1.65. The number of fused-ring (bicyclic) bond motifs is 1. The van der Waals surface area contributed by atoms with Crippen molar-refractivity contribution in [3.63, 3.8) is 0 Å². The fourth-order valence-corrected chi connectivity index (χ4v) is 2.96. The average Bonchev–Trinajstić information content (AvgIpc) is 2.60. The number of hydrogen-bond donors (Lipinski definition) is 1. The Labute approximate surface area is 112 Å². The summed E-state index contributed by atoms with van der Waals surface area (Å²) in [5.74, 6) is -2.00. The second-order valence-corrected chi connectivity index (χ2v) is 5.61. The van der Waals surface area contributed by atoms with Crippen LogP contribution in [0, 0.1) is 17.8 Å². The molecule has 0 radical (unpaired) electrons. The van der Waals surface area contributed by atoms with E-state index >= 15 is 0 Å². The van der Waals surface area contributed by atoms with Crippen LogP contribution in [0.3, 0.4) is 0 Å². The Balaban J connectivity index is 2.26. The molecule has 0 aromatic heterocycles. The van der Waals surface area contributed by atoms with Crippen LogP contribution in [0.5, 0.6) is 0 Å². The molecule has 1 aliphatic heterocycles. The number of carboxylic acids is 1. The maximum absolute atomic E-state index is 12.4. The van der Waals surface area contributed by atoms with E-state index in [0.717, 1.165) is 0 Å². The van der Waals surface area contributed by atoms with E-state index in [0.29, 0.717) is 12.8 Å². The highest BCUT2D eigenvalue weighted by Crippen LogP contribution is 2.37. The first-order chi connectivity index (χ1) is 8.93. The zero-order valence-corrected chi connectivity index (χ0v) is 11.2. The normalized spacial score (nSPS) is 27.8. The molecule has 1 aliphatic carbocycles. The summed E-state index contributed by atoms with van der Waals surface area (Å²) in [4.78, 5) is 36.9. The monoisotopic (exact) mass is 265 g/mol. The van der Waals surface area contributed by atoms with E-state index in [1.165, 1.54) is 4.90 Å². The minimum absolute atomic E-state index is 0.0582. The summed E-state index contributed by atoms with van der Waals surface area (Å²) in [6.07, 6.45) is 4.85. The molecule has 0 saturated carbocycles. The van der Waals surface area contributed by atoms with Crippen molar-refractivity contribution in [1.82, 2.24) is 4.90 Å². The van der Waals surface area contributed by atoms with E-state index in [1.54, 1.807) is 0 Å². The molecule has 1 saturated heterocycles. The Morgan fingerprint density at radius 3 is 2.11 bits per heavy atom. The van der Waals surface area contributed by atoms with Gasteiger partial charge in [-0.05, 0) is 18.8 Å². The van der Waals surface area contributed by atoms with Crippen molar-refractivity contribution >= 4 is 17.8 Å². The van der Waals surface area contributed by atoms with Gasteiger partial charge in [0.15, 0.2) is 0 Å². The number of rotatable bonds is 4. The molecule has 1 unspecified atom stereocenters. The third kappa shape index (κ3) is 2.41. The lowest BCUT2D eigenvalue weighted by Gasteiger charge is -2.28. The number of likely N-dealkylation sites (tertiary alicyclic amines) is 1. The number of imide groups is 1. The summed E-state index contributed by atoms with van der Waals surface area (Å²) in [6, 6.07) is -0.539. The molecule has 0 aromatic carbocycles. The molecule has 1 fully saturated rings. The lowest BCUT2D eigenvalue weighted by atomic mass is 9.85. The summed E-state index contributed by atoms with van der Waals surface area (Å²) < 4.78 is 0. The second-order valence-electron chi connectivity index (χ2n) is 5.61. The van der Waals surface area contributed by atoms with Crippen molar-refractivity contribution in [2.75, 3.05) is 0 Å². The fourth-order valence-electron chi connectivity index (χ4n) is 2.96. The molecule has 1 N–H and O–H groups in total. The predicted octanol–water partition coefficient (Wildman–Crippen LogP) is 1.44. The number of carbonyl (C=O) groups is 3. The van der Waals surface area contributed by atoms with Crippen molar-refractivity contribution in [3.05, 3.63) is 12.2 Å². The van der Waals surface area contributed by atoms with E-state index in [1.807, 2.05) is 26.0 Å². The number of carboxylic acid groups (broad SMARTS) is 1. The van der Waals surface area contributed by atoms with Gasteiger partial charge < -0.3 is 5.11 Å². The van der Waals surface area contributed by atoms with Crippen molar-refractivity contribution in [3.8, 4) is 0 Å². The molecule has 104 valence electrons. The molecule has 2 rings (SSSR count). The predicted molar refractivity (Wildman–Crippen MR) is 68.1 cm³/mol. The summed E-state index contributed by atoms with van der Waals surface area (Å²) in [5, 5.41) is 8.96. The van der Waals surface area contributed by atoms with Gasteiger partial charge in [-0.2, -0.15) is 0 Å². The van der Waals surface area contributed by atoms with Crippen molar-refractivity contribution < 1.29 is 19.5 Å². The van der Waals surface area contributed by atoms with Crippen LogP contribution in [-0.4, -0.2) is 33.8 Å². The molecule has 0 spiro atoms. The van der Waals surface area contributed by atoms with Crippen LogP contribution in [0.1, 0.15) is 33.1 Å². The second kappa shape index (κ2) is 5.15. The Morgan fingerprint density at radius 1 is 1.26 bits per heavy atom. The van der Waals surface area contributed by atoms with Gasteiger partial charge in [0.25, 0.3) is 0 Å². The van der Waals surface area contributed by atoms with E-state index in [-0.39, 0.29) is 36.0 Å². The van der Waals surface area contributed by atoms with Crippen LogP contribution < -0.4 is 0 Å². The lowest BCUT2D eigenvalue weighted by molar-refractivity contribution is -0.146. The topological polar surface area (TPSA) is 74.7 Å². The first-order valence-electron chi connectivity index (χ1n) is 6.67. The van der Waals surface area contributed by atoms with Gasteiger partial charge in [-0.25, -0.2) is 0 Å². The van der Waals surface area contributed by atoms with Gasteiger partial charge in [0.2, 0.25) is 11.8 Å². The van der Waals surface area contributed by atoms with Gasteiger partial charge in [0, 0.05) is 0 Å². The standard InChI is InChI=1S/C14H19NO4/c1-8(2)11(7-12(16)17)15-13(18)9-5-3-4-6-10(9)14(15)19/h3-4,8-11H,5-7H2,1-2H3,(H,16,17)/t9-,10+,11?. The minimum atomic E-state index is -0.979. The van der Waals surface area contributed by atoms with Crippen LogP contribution in [0.2, 0.25) is 0 Å². The Bertz CT molecular complexity index is 415. The third-order valence-electron chi connectivity index (χ3n) is 4.03. The number of amides is 2. The van der Waals surface area contributed by atoms with Gasteiger partial charge in [0.05, 0.1) is 24.3 Å². The first-order valence-corrected chi connectivity index (χ1v) is 6.67. The fraction of sp³-hybridized carbons (Fsp3) is 0.643. The van der Waals surface area contributed by atoms with Crippen LogP contribution in [0.15, 0.2) is 12.2 Å². The van der Waals surface area contributed by atoms with Gasteiger partial charge >= 0.3 is 5.97 Å². The Morgan fingerprint density at radius 2 is 1.74 bits per heavy atom. The number of allylic oxidation sites excluding steroid dienone is 2. The molecule has 1 heterocycles. The number of hydrogen-bond acceptors (Lipinski definition) is 3. The smallest absolute Gasteiger partial charge is 0.305 e. The summed E-state index contributed by atoms with van der Waals surface area (Å²) >= 11 is 0. The first kappa shape index (κ1) is 13.8. The average molecular weight is 265 g/mol. The summed E-state index contributed by atoms with van der Waals surface area (Å²) in [6.45, 7) is 3.68. The van der Waals surface area contributed by atoms with E-state index in [9.17, 15) is 14.4 Å². The van der Waals surface area contributed by atoms with E-state index in [4.69, 9.17) is 5.11 Å². The lowest BCUT2D eigenvalue weighted by Crippen LogP contribution is -2.44. The molecule has 19 heavy (non-hydrogen) atoms. The number of aliphatic carboxylic acids is 1. The van der Waals surface area contributed by atoms with E-state index in [2.05, 4.69) is 0 Å². The number of carbonyl (C=O) groups excluding carboxylic acids is 2. The molecule has 3 atom stereocenters. The number of nitrogens with zero attached hydrogens (tertiary/aromatic N) is 1. The van der Waals surface area contributed by atoms with Gasteiger partial charge in [-0.15, -0.1) is 0 Å². The largest absolute Gasteiger partial charge is 0.481 e. The van der Waals surface area contributed by atoms with Gasteiger partial charge in [-0.1, -0.05) is 26.0 Å². The highest BCUT2D eigenvalue weighted by atomic mass is 16.4. The molecule has 2 aliphatic rings. The maximum Gasteiger partial charge on any atom is 0.305 e. The van der Waals surface area contributed by atoms with Crippen molar-refractivity contribution in [1.29, 1.82) is 0 Å². The summed E-state index contributed by atoms with van der Waals surface area (Å²) in [7, 11) is 0. The van der Waals surface area contributed by atoms with Crippen LogP contribution in [0.25, 0.3) is 0 Å². The van der Waals surface area contributed by atoms with Crippen LogP contribution in [-0.2, 0) is 14.4 Å². The Kier molecular flexibility index (Phi) is 3.73. The highest BCUT2D eigenvalue weighted by molar-refractivity contribution is 6.06. The molecule has 0 aromatic rings. The van der Waals surface area contributed by atoms with E-state index < -0.39 is 12.0 Å². The third-order valence-corrected chi connectivity index (χ3v) is 4.03. The molecular weight excluding hydrogens is 246 g/mol. The zero-order chi connectivity index (χ0) is 14.2. The maximum atomic E-state index is 12.4. The summed E-state index contributed by atoms with van der Waals surface area (Å²) in [5.41, 5.74) is 0. The molecule has 5 heteroatoms. The van der Waals surface area contributed by atoms with Gasteiger partial charge in [0.1, 0.15) is 0 Å². The molecule has 2 amide bonds. The molecule has 0 bridgehead atoms. The van der Waals surface area contributed by atoms with Gasteiger partial charge in [-0.3, -0.25) is 19.3 Å². The minimum Gasteiger partial charge on any atom is -0.481 e. The van der Waals surface area contributed by atoms with Crippen molar-refractivity contribution in [2.24, 2.45) is 17.8 Å². The zero-order valence-electron chi connectivity index (χ0n) is 11.2. The van der Waals surface area contributed by atoms with Crippen molar-refractivity contribution in [2.45, 2.75) is 39.2 Å². The molecule has 5 nitrogen and oxygen atoms in total. The van der Waals surface area contributed by atoms with Crippen LogP contribution >= 0.6 is 0 Å². The molecular formula is C14H19NO4. The van der Waals surface area contributed by atoms with Crippen LogP contribution in [0.4, 0.5) is 0 Å². The highest BCUT2D eigenvalue weighted by Gasteiger charge is 2.50.